The standard InChI is InChI=1S/C22H23FN4O4S/c1-15-8-10-27(11-9-15)32(30,31)18-6-7-20-19(12-18)22(29)26(14-24-20)13-21(28)25-17-4-2-16(23)3-5-17/h2-7,12,14-15H,8-11,13H2,1H3,(H,25,28). The number of carbonyl (C=O) groups is 1. The van der Waals surface area contributed by atoms with Crippen molar-refractivity contribution in [1.29, 1.82) is 0 Å². The summed E-state index contributed by atoms with van der Waals surface area (Å²) in [4.78, 5) is 29.5. The predicted octanol–water partition coefficient (Wildman–Crippen LogP) is 2.59. The normalized spacial score (nSPS) is 15.7. The molecule has 8 nitrogen and oxygen atoms in total. The number of carbonyl (C=O) groups excluding carboxylic acids is 1. The maximum Gasteiger partial charge on any atom is 0.261 e. The van der Waals surface area contributed by atoms with Gasteiger partial charge >= 0.3 is 0 Å². The minimum atomic E-state index is -3.73. The fourth-order valence-electron chi connectivity index (χ4n) is 3.67. The Morgan fingerprint density at radius 1 is 1.16 bits per heavy atom. The largest absolute Gasteiger partial charge is 0.325 e. The molecule has 2 heterocycles. The van der Waals surface area contributed by atoms with E-state index < -0.39 is 27.3 Å². The van der Waals surface area contributed by atoms with Gasteiger partial charge in [-0.15, -0.1) is 0 Å². The molecule has 0 radical (unpaired) electrons. The number of anilines is 1. The summed E-state index contributed by atoms with van der Waals surface area (Å²) < 4.78 is 41.7. The minimum Gasteiger partial charge on any atom is -0.325 e. The van der Waals surface area contributed by atoms with Crippen molar-refractivity contribution in [3.05, 3.63) is 65.0 Å². The molecule has 1 aromatic heterocycles. The Balaban J connectivity index is 1.59. The lowest BCUT2D eigenvalue weighted by atomic mass is 10.0. The number of piperidine rings is 1. The van der Waals surface area contributed by atoms with Crippen molar-refractivity contribution in [1.82, 2.24) is 13.9 Å². The number of halogens is 1. The molecule has 1 N–H and O–H groups in total. The highest BCUT2D eigenvalue weighted by atomic mass is 32.2. The first-order chi connectivity index (χ1) is 15.2. The Hall–Kier alpha value is -3.11. The lowest BCUT2D eigenvalue weighted by molar-refractivity contribution is -0.116. The number of fused-ring (bicyclic) bond motifs is 1. The summed E-state index contributed by atoms with van der Waals surface area (Å²) in [7, 11) is -3.73. The molecule has 0 spiro atoms. The zero-order chi connectivity index (χ0) is 22.9. The summed E-state index contributed by atoms with van der Waals surface area (Å²) in [5, 5.41) is 2.70. The van der Waals surface area contributed by atoms with Crippen molar-refractivity contribution < 1.29 is 17.6 Å². The third-order valence-electron chi connectivity index (χ3n) is 5.62. The molecule has 1 saturated heterocycles. The van der Waals surface area contributed by atoms with Crippen LogP contribution in [-0.4, -0.2) is 41.3 Å². The Morgan fingerprint density at radius 3 is 2.53 bits per heavy atom. The van der Waals surface area contributed by atoms with Gasteiger partial charge in [-0.25, -0.2) is 17.8 Å². The van der Waals surface area contributed by atoms with Crippen LogP contribution >= 0.6 is 0 Å². The van der Waals surface area contributed by atoms with Crippen molar-refractivity contribution in [3.63, 3.8) is 0 Å². The highest BCUT2D eigenvalue weighted by molar-refractivity contribution is 7.89. The quantitative estimate of drug-likeness (QED) is 0.633. The van der Waals surface area contributed by atoms with Gasteiger partial charge in [-0.1, -0.05) is 6.92 Å². The van der Waals surface area contributed by atoms with Crippen LogP contribution in [0.3, 0.4) is 0 Å². The van der Waals surface area contributed by atoms with Crippen molar-refractivity contribution in [2.24, 2.45) is 5.92 Å². The third kappa shape index (κ3) is 4.56. The predicted molar refractivity (Wildman–Crippen MR) is 118 cm³/mol. The maximum absolute atomic E-state index is 13.0. The van der Waals surface area contributed by atoms with Gasteiger partial charge in [0, 0.05) is 18.8 Å². The van der Waals surface area contributed by atoms with Crippen LogP contribution in [0.15, 0.2) is 58.5 Å². The SMILES string of the molecule is CC1CCN(S(=O)(=O)c2ccc3ncn(CC(=O)Nc4ccc(F)cc4)c(=O)c3c2)CC1. The Bertz CT molecular complexity index is 1310. The number of nitrogens with one attached hydrogen (secondary N) is 1. The van der Waals surface area contributed by atoms with E-state index in [0.29, 0.717) is 30.2 Å². The second kappa shape index (κ2) is 8.79. The topological polar surface area (TPSA) is 101 Å². The van der Waals surface area contributed by atoms with Gasteiger partial charge in [-0.2, -0.15) is 4.31 Å². The third-order valence-corrected chi connectivity index (χ3v) is 7.51. The minimum absolute atomic E-state index is 0.0342. The molecule has 4 rings (SSSR count). The molecular weight excluding hydrogens is 435 g/mol. The van der Waals surface area contributed by atoms with E-state index in [1.165, 1.54) is 53.1 Å². The van der Waals surface area contributed by atoms with Crippen LogP contribution in [0.2, 0.25) is 0 Å². The summed E-state index contributed by atoms with van der Waals surface area (Å²) >= 11 is 0. The van der Waals surface area contributed by atoms with Crippen LogP contribution in [0, 0.1) is 11.7 Å². The molecule has 32 heavy (non-hydrogen) atoms. The first-order valence-electron chi connectivity index (χ1n) is 10.3. The van der Waals surface area contributed by atoms with Crippen molar-refractivity contribution in [2.75, 3.05) is 18.4 Å². The lowest BCUT2D eigenvalue weighted by Crippen LogP contribution is -2.38. The highest BCUT2D eigenvalue weighted by Crippen LogP contribution is 2.24. The molecule has 0 bridgehead atoms. The van der Waals surface area contributed by atoms with E-state index in [9.17, 15) is 22.4 Å². The first kappa shape index (κ1) is 22.1. The molecule has 1 fully saturated rings. The Labute approximate surface area is 184 Å². The zero-order valence-corrected chi connectivity index (χ0v) is 18.3. The Morgan fingerprint density at radius 2 is 1.84 bits per heavy atom. The van der Waals surface area contributed by atoms with Gasteiger partial charge in [0.2, 0.25) is 15.9 Å². The van der Waals surface area contributed by atoms with Gasteiger partial charge in [-0.05, 0) is 61.2 Å². The van der Waals surface area contributed by atoms with Crippen molar-refractivity contribution in [3.8, 4) is 0 Å². The average Bonchev–Trinajstić information content (AvgIpc) is 2.77. The number of rotatable bonds is 5. The van der Waals surface area contributed by atoms with E-state index in [1.807, 2.05) is 0 Å². The van der Waals surface area contributed by atoms with Gasteiger partial charge in [0.25, 0.3) is 5.56 Å². The monoisotopic (exact) mass is 458 g/mol. The number of nitrogens with zero attached hydrogens (tertiary/aromatic N) is 3. The van der Waals surface area contributed by atoms with Gasteiger partial charge in [0.05, 0.1) is 22.1 Å². The molecular formula is C22H23FN4O4S. The van der Waals surface area contributed by atoms with E-state index in [2.05, 4.69) is 17.2 Å². The summed E-state index contributed by atoms with van der Waals surface area (Å²) in [5.41, 5.74) is 0.215. The van der Waals surface area contributed by atoms with E-state index in [4.69, 9.17) is 0 Å². The van der Waals surface area contributed by atoms with Crippen molar-refractivity contribution >= 4 is 32.5 Å². The van der Waals surface area contributed by atoms with Crippen LogP contribution < -0.4 is 10.9 Å². The van der Waals surface area contributed by atoms with Gasteiger partial charge in [-0.3, -0.25) is 14.2 Å². The van der Waals surface area contributed by atoms with Crippen LogP contribution in [0.4, 0.5) is 10.1 Å². The van der Waals surface area contributed by atoms with Crippen LogP contribution in [0.25, 0.3) is 10.9 Å². The Kier molecular flexibility index (Phi) is 6.07. The molecule has 168 valence electrons. The maximum atomic E-state index is 13.0. The average molecular weight is 459 g/mol. The summed E-state index contributed by atoms with van der Waals surface area (Å²) in [6.07, 6.45) is 2.84. The molecule has 10 heteroatoms. The van der Waals surface area contributed by atoms with E-state index >= 15 is 0 Å². The van der Waals surface area contributed by atoms with Crippen LogP contribution in [0.5, 0.6) is 0 Å². The van der Waals surface area contributed by atoms with Gasteiger partial charge in [0.15, 0.2) is 0 Å². The molecule has 1 aliphatic rings. The molecule has 3 aromatic rings. The van der Waals surface area contributed by atoms with Gasteiger partial charge in [0.1, 0.15) is 12.4 Å². The fraction of sp³-hybridized carbons (Fsp3) is 0.318. The molecule has 1 amide bonds. The molecule has 0 saturated carbocycles. The number of hydrogen-bond acceptors (Lipinski definition) is 5. The number of amides is 1. The first-order valence-corrected chi connectivity index (χ1v) is 11.7. The van der Waals surface area contributed by atoms with Crippen LogP contribution in [-0.2, 0) is 21.4 Å². The molecule has 0 unspecified atom stereocenters. The molecule has 2 aromatic carbocycles. The molecule has 0 aliphatic carbocycles. The molecule has 1 aliphatic heterocycles. The van der Waals surface area contributed by atoms with Crippen LogP contribution in [0.1, 0.15) is 19.8 Å². The smallest absolute Gasteiger partial charge is 0.261 e. The number of aromatic nitrogens is 2. The molecule has 0 atom stereocenters. The highest BCUT2D eigenvalue weighted by Gasteiger charge is 2.28. The zero-order valence-electron chi connectivity index (χ0n) is 17.5. The van der Waals surface area contributed by atoms with E-state index in [0.717, 1.165) is 17.4 Å². The summed E-state index contributed by atoms with van der Waals surface area (Å²) in [5.74, 6) is -0.440. The van der Waals surface area contributed by atoms with E-state index in [-0.39, 0.29) is 16.8 Å². The van der Waals surface area contributed by atoms with Gasteiger partial charge < -0.3 is 5.32 Å². The fourth-order valence-corrected chi connectivity index (χ4v) is 5.17. The second-order valence-electron chi connectivity index (χ2n) is 8.00. The second-order valence-corrected chi connectivity index (χ2v) is 9.94. The summed E-state index contributed by atoms with van der Waals surface area (Å²) in [6, 6.07) is 9.52. The van der Waals surface area contributed by atoms with E-state index in [1.54, 1.807) is 0 Å². The summed E-state index contributed by atoms with van der Waals surface area (Å²) in [6.45, 7) is 2.67. The number of hydrogen-bond donors (Lipinski definition) is 1. The number of benzene rings is 2. The lowest BCUT2D eigenvalue weighted by Gasteiger charge is -2.29. The number of sulfonamides is 1. The van der Waals surface area contributed by atoms with Crippen molar-refractivity contribution in [2.45, 2.75) is 31.2 Å².